The quantitative estimate of drug-likeness (QED) is 0.839. The Hall–Kier alpha value is -2.07. The molecule has 1 aliphatic heterocycles. The third-order valence-corrected chi connectivity index (χ3v) is 5.96. The van der Waals surface area contributed by atoms with Gasteiger partial charge in [0.25, 0.3) is 0 Å². The van der Waals surface area contributed by atoms with Gasteiger partial charge in [-0.1, -0.05) is 0 Å². The van der Waals surface area contributed by atoms with Crippen molar-refractivity contribution in [2.45, 2.75) is 45.1 Å². The third kappa shape index (κ3) is 4.01. The first-order valence-corrected chi connectivity index (χ1v) is 9.60. The van der Waals surface area contributed by atoms with Crippen molar-refractivity contribution in [1.82, 2.24) is 9.21 Å². The van der Waals surface area contributed by atoms with Gasteiger partial charge in [0.15, 0.2) is 0 Å². The molecule has 2 rings (SSSR count). The maximum Gasteiger partial charge on any atom is 0.410 e. The van der Waals surface area contributed by atoms with Crippen molar-refractivity contribution < 1.29 is 32.3 Å². The summed E-state index contributed by atoms with van der Waals surface area (Å²) in [4.78, 5) is 24.6. The Kier molecular flexibility index (Phi) is 5.39. The minimum Gasteiger partial charge on any atom is -0.478 e. The number of carbonyl (C=O) groups is 2. The largest absolute Gasteiger partial charge is 0.478 e. The van der Waals surface area contributed by atoms with Gasteiger partial charge in [0, 0.05) is 26.2 Å². The third-order valence-electron chi connectivity index (χ3n) is 3.91. The Bertz CT molecular complexity index is 812. The van der Waals surface area contributed by atoms with Crippen molar-refractivity contribution in [3.8, 4) is 0 Å². The van der Waals surface area contributed by atoms with Crippen molar-refractivity contribution in [2.75, 3.05) is 26.2 Å². The molecule has 10 heteroatoms. The molecule has 1 saturated heterocycles. The van der Waals surface area contributed by atoms with Crippen LogP contribution >= 0.6 is 0 Å². The number of aromatic carboxylic acids is 1. The molecule has 0 atom stereocenters. The summed E-state index contributed by atoms with van der Waals surface area (Å²) in [7, 11) is -4.05. The molecule has 146 valence electrons. The second-order valence-corrected chi connectivity index (χ2v) is 8.97. The number of carboxylic acids is 1. The van der Waals surface area contributed by atoms with Crippen molar-refractivity contribution in [2.24, 2.45) is 0 Å². The van der Waals surface area contributed by atoms with E-state index in [-0.39, 0.29) is 48.2 Å². The number of hydrogen-bond acceptors (Lipinski definition) is 6. The van der Waals surface area contributed by atoms with E-state index in [0.717, 1.165) is 4.31 Å². The molecule has 1 N–H and O–H groups in total. The zero-order valence-corrected chi connectivity index (χ0v) is 16.3. The first-order chi connectivity index (χ1) is 11.8. The SMILES string of the molecule is Cc1oc(C)c(S(=O)(=O)N2CCN(C(=O)OC(C)(C)C)CC2)c1C(=O)O. The molecule has 0 radical (unpaired) electrons. The van der Waals surface area contributed by atoms with Crippen LogP contribution in [0.25, 0.3) is 0 Å². The van der Waals surface area contributed by atoms with Crippen LogP contribution in [-0.2, 0) is 14.8 Å². The van der Waals surface area contributed by atoms with Gasteiger partial charge in [-0.2, -0.15) is 4.31 Å². The molecule has 1 aromatic heterocycles. The lowest BCUT2D eigenvalue weighted by Gasteiger charge is -2.34. The lowest BCUT2D eigenvalue weighted by Crippen LogP contribution is -2.51. The van der Waals surface area contributed by atoms with Gasteiger partial charge < -0.3 is 19.2 Å². The lowest BCUT2D eigenvalue weighted by molar-refractivity contribution is 0.0192. The average molecular weight is 388 g/mol. The molecule has 1 fully saturated rings. The Balaban J connectivity index is 2.19. The predicted molar refractivity (Wildman–Crippen MR) is 91.7 cm³/mol. The summed E-state index contributed by atoms with van der Waals surface area (Å²) in [6.07, 6.45) is -0.504. The van der Waals surface area contributed by atoms with Crippen LogP contribution in [0, 0.1) is 13.8 Å². The maximum atomic E-state index is 12.9. The normalized spacial score (nSPS) is 16.6. The van der Waals surface area contributed by atoms with Gasteiger partial charge in [-0.25, -0.2) is 18.0 Å². The first kappa shape index (κ1) is 20.2. The molecule has 1 amide bonds. The predicted octanol–water partition coefficient (Wildman–Crippen LogP) is 1.84. The zero-order valence-electron chi connectivity index (χ0n) is 15.5. The number of rotatable bonds is 3. The highest BCUT2D eigenvalue weighted by Gasteiger charge is 2.37. The Morgan fingerprint density at radius 3 is 2.08 bits per heavy atom. The summed E-state index contributed by atoms with van der Waals surface area (Å²) >= 11 is 0. The molecular formula is C16H24N2O7S. The number of piperazine rings is 1. The van der Waals surface area contributed by atoms with Gasteiger partial charge in [-0.05, 0) is 34.6 Å². The average Bonchev–Trinajstić information content (AvgIpc) is 2.81. The molecule has 0 aliphatic carbocycles. The number of carbonyl (C=O) groups excluding carboxylic acids is 1. The molecular weight excluding hydrogens is 364 g/mol. The van der Waals surface area contributed by atoms with E-state index < -0.39 is 27.7 Å². The summed E-state index contributed by atoms with van der Waals surface area (Å²) in [6.45, 7) is 8.50. The number of nitrogens with zero attached hydrogens (tertiary/aromatic N) is 2. The van der Waals surface area contributed by atoms with Gasteiger partial charge in [0.05, 0.1) is 0 Å². The van der Waals surface area contributed by atoms with Crippen LogP contribution in [0.5, 0.6) is 0 Å². The number of hydrogen-bond donors (Lipinski definition) is 1. The van der Waals surface area contributed by atoms with Gasteiger partial charge in [-0.3, -0.25) is 0 Å². The summed E-state index contributed by atoms with van der Waals surface area (Å²) in [5, 5.41) is 9.33. The molecule has 0 spiro atoms. The summed E-state index contributed by atoms with van der Waals surface area (Å²) < 4.78 is 37.5. The minimum absolute atomic E-state index is 0.0365. The topological polar surface area (TPSA) is 117 Å². The fraction of sp³-hybridized carbons (Fsp3) is 0.625. The molecule has 0 bridgehead atoms. The van der Waals surface area contributed by atoms with Gasteiger partial charge in [0.1, 0.15) is 27.6 Å². The number of ether oxygens (including phenoxy) is 1. The van der Waals surface area contributed by atoms with Crippen molar-refractivity contribution in [1.29, 1.82) is 0 Å². The molecule has 1 aromatic rings. The van der Waals surface area contributed by atoms with E-state index in [4.69, 9.17) is 9.15 Å². The van der Waals surface area contributed by atoms with Crippen LogP contribution in [0.15, 0.2) is 9.31 Å². The number of amides is 1. The first-order valence-electron chi connectivity index (χ1n) is 8.16. The van der Waals surface area contributed by atoms with Crippen molar-refractivity contribution in [3.05, 3.63) is 17.1 Å². The smallest absolute Gasteiger partial charge is 0.410 e. The molecule has 0 saturated carbocycles. The number of furan rings is 1. The van der Waals surface area contributed by atoms with Crippen molar-refractivity contribution >= 4 is 22.1 Å². The van der Waals surface area contributed by atoms with Crippen LogP contribution < -0.4 is 0 Å². The van der Waals surface area contributed by atoms with Gasteiger partial charge in [-0.15, -0.1) is 0 Å². The van der Waals surface area contributed by atoms with E-state index in [9.17, 15) is 23.1 Å². The van der Waals surface area contributed by atoms with Crippen LogP contribution in [0.3, 0.4) is 0 Å². The maximum absolute atomic E-state index is 12.9. The van der Waals surface area contributed by atoms with E-state index in [2.05, 4.69) is 0 Å². The van der Waals surface area contributed by atoms with E-state index in [0.29, 0.717) is 0 Å². The number of carboxylic acid groups (broad SMARTS) is 1. The fourth-order valence-corrected chi connectivity index (χ4v) is 4.58. The van der Waals surface area contributed by atoms with Crippen LogP contribution in [0.1, 0.15) is 42.6 Å². The monoisotopic (exact) mass is 388 g/mol. The molecule has 2 heterocycles. The Morgan fingerprint density at radius 2 is 1.62 bits per heavy atom. The second-order valence-electron chi connectivity index (χ2n) is 7.10. The zero-order chi connectivity index (χ0) is 19.9. The van der Waals surface area contributed by atoms with E-state index in [1.807, 2.05) is 0 Å². The standard InChI is InChI=1S/C16H24N2O7S/c1-10-12(14(19)20)13(11(2)24-10)26(22,23)18-8-6-17(7-9-18)15(21)25-16(3,4)5/h6-9H2,1-5H3,(H,19,20). The summed E-state index contributed by atoms with van der Waals surface area (Å²) in [6, 6.07) is 0. The molecule has 1 aliphatic rings. The van der Waals surface area contributed by atoms with E-state index >= 15 is 0 Å². The molecule has 0 aromatic carbocycles. The number of aryl methyl sites for hydroxylation is 2. The summed E-state index contributed by atoms with van der Waals surface area (Å²) in [5.74, 6) is -1.28. The highest BCUT2D eigenvalue weighted by molar-refractivity contribution is 7.89. The van der Waals surface area contributed by atoms with Crippen molar-refractivity contribution in [3.63, 3.8) is 0 Å². The highest BCUT2D eigenvalue weighted by atomic mass is 32.2. The minimum atomic E-state index is -4.05. The Labute approximate surface area is 152 Å². The van der Waals surface area contributed by atoms with Gasteiger partial charge >= 0.3 is 12.1 Å². The molecule has 9 nitrogen and oxygen atoms in total. The van der Waals surface area contributed by atoms with E-state index in [1.165, 1.54) is 18.7 Å². The van der Waals surface area contributed by atoms with Crippen LogP contribution in [0.2, 0.25) is 0 Å². The van der Waals surface area contributed by atoms with Gasteiger partial charge in [0.2, 0.25) is 10.0 Å². The summed E-state index contributed by atoms with van der Waals surface area (Å²) in [5.41, 5.74) is -0.987. The van der Waals surface area contributed by atoms with E-state index in [1.54, 1.807) is 20.8 Å². The van der Waals surface area contributed by atoms with Crippen LogP contribution in [-0.4, -0.2) is 66.6 Å². The highest BCUT2D eigenvalue weighted by Crippen LogP contribution is 2.30. The molecule has 26 heavy (non-hydrogen) atoms. The second kappa shape index (κ2) is 6.92. The lowest BCUT2D eigenvalue weighted by atomic mass is 10.2. The fourth-order valence-electron chi connectivity index (χ4n) is 2.79. The molecule has 0 unspecified atom stereocenters. The number of sulfonamides is 1. The Morgan fingerprint density at radius 1 is 1.08 bits per heavy atom. The van der Waals surface area contributed by atoms with Crippen LogP contribution in [0.4, 0.5) is 4.79 Å².